The first-order valence-corrected chi connectivity index (χ1v) is 5.29. The van der Waals surface area contributed by atoms with Gasteiger partial charge in [-0.25, -0.2) is 0 Å². The molecule has 84 valence electrons. The summed E-state index contributed by atoms with van der Waals surface area (Å²) < 4.78 is 0. The molecule has 2 heteroatoms. The predicted molar refractivity (Wildman–Crippen MR) is 65.3 cm³/mol. The highest BCUT2D eigenvalue weighted by molar-refractivity contribution is 6.00. The normalized spacial score (nSPS) is 11.9. The van der Waals surface area contributed by atoms with Crippen LogP contribution in [-0.2, 0) is 9.59 Å². The van der Waals surface area contributed by atoms with E-state index in [0.29, 0.717) is 0 Å². The molecule has 0 aliphatic carbocycles. The van der Waals surface area contributed by atoms with Crippen LogP contribution in [0, 0.1) is 0 Å². The maximum Gasteiger partial charge on any atom is 0.147 e. The maximum atomic E-state index is 11.7. The number of Topliss-reactive ketones (excluding diaryl/α,β-unsaturated/α-hetero) is 2. The summed E-state index contributed by atoms with van der Waals surface area (Å²) in [6, 6.07) is 7.64. The lowest BCUT2D eigenvalue weighted by molar-refractivity contribution is -0.126. The Morgan fingerprint density at radius 1 is 1.31 bits per heavy atom. The van der Waals surface area contributed by atoms with E-state index in [2.05, 4.69) is 6.58 Å². The number of ketones is 2. The van der Waals surface area contributed by atoms with Crippen molar-refractivity contribution in [3.05, 3.63) is 42.0 Å². The van der Waals surface area contributed by atoms with Crippen LogP contribution in [0.5, 0.6) is 0 Å². The fourth-order valence-electron chi connectivity index (χ4n) is 1.51. The van der Waals surface area contributed by atoms with Crippen molar-refractivity contribution in [1.82, 2.24) is 0 Å². The van der Waals surface area contributed by atoms with Gasteiger partial charge in [-0.1, -0.05) is 43.8 Å². The lowest BCUT2D eigenvalue weighted by Crippen LogP contribution is -2.12. The number of hydrogen-bond acceptors (Lipinski definition) is 2. The molecule has 0 saturated carbocycles. The minimum Gasteiger partial charge on any atom is -0.300 e. The van der Waals surface area contributed by atoms with E-state index in [4.69, 9.17) is 0 Å². The molecule has 1 rings (SSSR count). The fraction of sp³-hybridized carbons (Fsp3) is 0.286. The average Bonchev–Trinajstić information content (AvgIpc) is 2.27. The quantitative estimate of drug-likeness (QED) is 0.709. The Morgan fingerprint density at radius 2 is 1.88 bits per heavy atom. The fourth-order valence-corrected chi connectivity index (χ4v) is 1.51. The second-order valence-electron chi connectivity index (χ2n) is 3.94. The highest BCUT2D eigenvalue weighted by Gasteiger charge is 2.16. The molecule has 0 amide bonds. The van der Waals surface area contributed by atoms with Crippen molar-refractivity contribution < 1.29 is 9.59 Å². The Bertz CT molecular complexity index is 401. The molecular weight excluding hydrogens is 200 g/mol. The monoisotopic (exact) mass is 216 g/mol. The Morgan fingerprint density at radius 3 is 2.31 bits per heavy atom. The summed E-state index contributed by atoms with van der Waals surface area (Å²) in [6.45, 7) is 6.93. The molecule has 0 saturated heterocycles. The molecule has 1 atom stereocenters. The summed E-state index contributed by atoms with van der Waals surface area (Å²) in [5, 5.41) is 0. The van der Waals surface area contributed by atoms with E-state index in [1.807, 2.05) is 31.2 Å². The number of benzene rings is 1. The van der Waals surface area contributed by atoms with Gasteiger partial charge in [0.05, 0.1) is 6.42 Å². The molecule has 0 heterocycles. The zero-order valence-corrected chi connectivity index (χ0v) is 9.69. The van der Waals surface area contributed by atoms with Crippen LogP contribution in [-0.4, -0.2) is 11.6 Å². The van der Waals surface area contributed by atoms with Crippen LogP contribution in [0.15, 0.2) is 30.8 Å². The molecule has 2 nitrogen and oxygen atoms in total. The van der Waals surface area contributed by atoms with Crippen LogP contribution in [0.25, 0.3) is 6.08 Å². The maximum absolute atomic E-state index is 11.7. The van der Waals surface area contributed by atoms with E-state index in [1.165, 1.54) is 6.92 Å². The first-order valence-electron chi connectivity index (χ1n) is 5.29. The smallest absolute Gasteiger partial charge is 0.147 e. The van der Waals surface area contributed by atoms with Crippen molar-refractivity contribution in [1.29, 1.82) is 0 Å². The van der Waals surface area contributed by atoms with E-state index in [-0.39, 0.29) is 23.9 Å². The van der Waals surface area contributed by atoms with Crippen molar-refractivity contribution in [2.75, 3.05) is 0 Å². The molecule has 0 N–H and O–H groups in total. The predicted octanol–water partition coefficient (Wildman–Crippen LogP) is 2.98. The highest BCUT2D eigenvalue weighted by atomic mass is 16.1. The number of carbonyl (C=O) groups excluding carboxylic acids is 2. The van der Waals surface area contributed by atoms with Crippen LogP contribution in [0.3, 0.4) is 0 Å². The van der Waals surface area contributed by atoms with Gasteiger partial charge in [-0.2, -0.15) is 0 Å². The van der Waals surface area contributed by atoms with Crippen LogP contribution in [0.1, 0.15) is 37.3 Å². The standard InChI is InChI=1S/C14H16O2/c1-4-12-5-7-13(8-6-12)11(3)14(16)9-10(2)15/h4-8,11H,1,9H2,2-3H3. The zero-order chi connectivity index (χ0) is 12.1. The van der Waals surface area contributed by atoms with Crippen molar-refractivity contribution >= 4 is 17.6 Å². The second kappa shape index (κ2) is 5.40. The topological polar surface area (TPSA) is 34.1 Å². The van der Waals surface area contributed by atoms with Gasteiger partial charge in [-0.05, 0) is 18.1 Å². The molecule has 0 spiro atoms. The summed E-state index contributed by atoms with van der Waals surface area (Å²) in [5.74, 6) is -0.332. The van der Waals surface area contributed by atoms with Crippen molar-refractivity contribution in [3.63, 3.8) is 0 Å². The summed E-state index contributed by atoms with van der Waals surface area (Å²) >= 11 is 0. The van der Waals surface area contributed by atoms with Gasteiger partial charge in [-0.15, -0.1) is 0 Å². The Labute approximate surface area is 96.0 Å². The van der Waals surface area contributed by atoms with E-state index in [9.17, 15) is 9.59 Å². The minimum absolute atomic E-state index is 0.0182. The Hall–Kier alpha value is -1.70. The minimum atomic E-state index is -0.220. The largest absolute Gasteiger partial charge is 0.300 e. The molecule has 0 radical (unpaired) electrons. The molecule has 1 aromatic carbocycles. The van der Waals surface area contributed by atoms with Crippen LogP contribution in [0.4, 0.5) is 0 Å². The van der Waals surface area contributed by atoms with E-state index >= 15 is 0 Å². The molecule has 0 aliphatic rings. The van der Waals surface area contributed by atoms with Gasteiger partial charge in [0, 0.05) is 5.92 Å². The molecule has 1 unspecified atom stereocenters. The number of carbonyl (C=O) groups is 2. The number of rotatable bonds is 5. The number of hydrogen-bond donors (Lipinski definition) is 0. The van der Waals surface area contributed by atoms with Crippen molar-refractivity contribution in [2.24, 2.45) is 0 Å². The van der Waals surface area contributed by atoms with Gasteiger partial charge in [0.15, 0.2) is 0 Å². The van der Waals surface area contributed by atoms with Crippen molar-refractivity contribution in [2.45, 2.75) is 26.2 Å². The van der Waals surface area contributed by atoms with E-state index in [0.717, 1.165) is 11.1 Å². The summed E-state index contributed by atoms with van der Waals surface area (Å²) in [6.07, 6.45) is 1.77. The second-order valence-corrected chi connectivity index (χ2v) is 3.94. The first-order chi connectivity index (χ1) is 7.54. The molecule has 0 aromatic heterocycles. The molecule has 0 aliphatic heterocycles. The average molecular weight is 216 g/mol. The zero-order valence-electron chi connectivity index (χ0n) is 9.69. The van der Waals surface area contributed by atoms with Gasteiger partial charge in [-0.3, -0.25) is 9.59 Å². The summed E-state index contributed by atoms with van der Waals surface area (Å²) in [4.78, 5) is 22.5. The third kappa shape index (κ3) is 3.16. The van der Waals surface area contributed by atoms with Gasteiger partial charge < -0.3 is 0 Å². The third-order valence-corrected chi connectivity index (χ3v) is 2.58. The third-order valence-electron chi connectivity index (χ3n) is 2.58. The van der Waals surface area contributed by atoms with Gasteiger partial charge in [0.2, 0.25) is 0 Å². The Kier molecular flexibility index (Phi) is 4.18. The highest BCUT2D eigenvalue weighted by Crippen LogP contribution is 2.18. The molecular formula is C14H16O2. The van der Waals surface area contributed by atoms with Gasteiger partial charge in [0.25, 0.3) is 0 Å². The molecule has 16 heavy (non-hydrogen) atoms. The van der Waals surface area contributed by atoms with Crippen LogP contribution < -0.4 is 0 Å². The lowest BCUT2D eigenvalue weighted by Gasteiger charge is -2.09. The molecule has 1 aromatic rings. The van der Waals surface area contributed by atoms with Crippen LogP contribution in [0.2, 0.25) is 0 Å². The van der Waals surface area contributed by atoms with Gasteiger partial charge >= 0.3 is 0 Å². The Balaban J connectivity index is 2.79. The van der Waals surface area contributed by atoms with E-state index < -0.39 is 0 Å². The lowest BCUT2D eigenvalue weighted by atomic mass is 9.93. The van der Waals surface area contributed by atoms with E-state index in [1.54, 1.807) is 6.08 Å². The first kappa shape index (κ1) is 12.4. The summed E-state index contributed by atoms with van der Waals surface area (Å²) in [7, 11) is 0. The van der Waals surface area contributed by atoms with Crippen LogP contribution >= 0.6 is 0 Å². The van der Waals surface area contributed by atoms with Crippen molar-refractivity contribution in [3.8, 4) is 0 Å². The summed E-state index contributed by atoms with van der Waals surface area (Å²) in [5.41, 5.74) is 1.96. The molecule has 0 bridgehead atoms. The SMILES string of the molecule is C=Cc1ccc(C(C)C(=O)CC(C)=O)cc1. The van der Waals surface area contributed by atoms with Gasteiger partial charge in [0.1, 0.15) is 11.6 Å². The molecule has 0 fully saturated rings.